The molecule has 1 heterocycles. The number of anilines is 1. The summed E-state index contributed by atoms with van der Waals surface area (Å²) in [6.45, 7) is 7.50. The number of nitrogens with one attached hydrogen (secondary N) is 1. The van der Waals surface area contributed by atoms with Crippen molar-refractivity contribution in [3.63, 3.8) is 0 Å². The van der Waals surface area contributed by atoms with Gasteiger partial charge in [-0.25, -0.2) is 12.8 Å². The summed E-state index contributed by atoms with van der Waals surface area (Å²) < 4.78 is 41.7. The van der Waals surface area contributed by atoms with Crippen LogP contribution < -0.4 is 5.32 Å². The van der Waals surface area contributed by atoms with Gasteiger partial charge >= 0.3 is 0 Å². The molecule has 0 spiro atoms. The number of nitrogens with zero attached hydrogens (tertiary/aromatic N) is 1. The molecule has 29 heavy (non-hydrogen) atoms. The normalized spacial score (nSPS) is 11.3. The van der Waals surface area contributed by atoms with Crippen LogP contribution in [0.1, 0.15) is 21.6 Å². The van der Waals surface area contributed by atoms with Gasteiger partial charge in [-0.15, -0.1) is 6.58 Å². The van der Waals surface area contributed by atoms with Gasteiger partial charge in [0.25, 0.3) is 5.91 Å². The van der Waals surface area contributed by atoms with E-state index in [1.54, 1.807) is 54.8 Å². The van der Waals surface area contributed by atoms with Gasteiger partial charge in [0.2, 0.25) is 9.84 Å². The smallest absolute Gasteiger partial charge is 0.256 e. The predicted octanol–water partition coefficient (Wildman–Crippen LogP) is 4.52. The fourth-order valence-corrected chi connectivity index (χ4v) is 4.84. The molecule has 0 fully saturated rings. The van der Waals surface area contributed by atoms with E-state index in [9.17, 15) is 17.6 Å². The van der Waals surface area contributed by atoms with E-state index < -0.39 is 21.6 Å². The molecular formula is C22H21FN2O3S. The zero-order chi connectivity index (χ0) is 21.2. The summed E-state index contributed by atoms with van der Waals surface area (Å²) in [5, 5.41) is 2.75. The first-order chi connectivity index (χ1) is 13.8. The Morgan fingerprint density at radius 2 is 1.72 bits per heavy atom. The second kappa shape index (κ2) is 8.05. The summed E-state index contributed by atoms with van der Waals surface area (Å²) in [6.07, 6.45) is 1.62. The molecule has 0 aliphatic rings. The third-order valence-corrected chi connectivity index (χ3v) is 6.68. The van der Waals surface area contributed by atoms with Crippen molar-refractivity contribution in [2.75, 3.05) is 5.32 Å². The van der Waals surface area contributed by atoms with Crippen LogP contribution in [0.5, 0.6) is 0 Å². The van der Waals surface area contributed by atoms with Crippen molar-refractivity contribution < 1.29 is 17.6 Å². The van der Waals surface area contributed by atoms with Crippen LogP contribution in [0.15, 0.2) is 77.0 Å². The predicted molar refractivity (Wildman–Crippen MR) is 110 cm³/mol. The summed E-state index contributed by atoms with van der Waals surface area (Å²) in [5.41, 5.74) is 1.60. The van der Waals surface area contributed by atoms with Crippen LogP contribution in [0.2, 0.25) is 0 Å². The van der Waals surface area contributed by atoms with Crippen LogP contribution in [0, 0.1) is 19.7 Å². The molecule has 0 radical (unpaired) electrons. The Kier molecular flexibility index (Phi) is 5.70. The van der Waals surface area contributed by atoms with Gasteiger partial charge in [0.15, 0.2) is 0 Å². The van der Waals surface area contributed by atoms with E-state index >= 15 is 0 Å². The summed E-state index contributed by atoms with van der Waals surface area (Å²) in [7, 11) is -4.00. The highest BCUT2D eigenvalue weighted by molar-refractivity contribution is 7.91. The number of carbonyl (C=O) groups is 1. The highest BCUT2D eigenvalue weighted by Gasteiger charge is 2.30. The third kappa shape index (κ3) is 3.86. The molecule has 0 aliphatic heterocycles. The first-order valence-corrected chi connectivity index (χ1v) is 10.4. The number of hydrogen-bond acceptors (Lipinski definition) is 3. The average Bonchev–Trinajstić information content (AvgIpc) is 2.94. The zero-order valence-electron chi connectivity index (χ0n) is 16.1. The third-order valence-electron chi connectivity index (χ3n) is 4.75. The Morgan fingerprint density at radius 1 is 1.10 bits per heavy atom. The lowest BCUT2D eigenvalue weighted by molar-refractivity contribution is 0.102. The number of hydrogen-bond donors (Lipinski definition) is 1. The van der Waals surface area contributed by atoms with Gasteiger partial charge in [-0.05, 0) is 55.8 Å². The fraction of sp³-hybridized carbons (Fsp3) is 0.136. The molecule has 0 bridgehead atoms. The lowest BCUT2D eigenvalue weighted by Gasteiger charge is -2.13. The molecule has 3 rings (SSSR count). The van der Waals surface area contributed by atoms with Crippen LogP contribution in [0.3, 0.4) is 0 Å². The van der Waals surface area contributed by atoms with E-state index in [2.05, 4.69) is 11.9 Å². The first-order valence-electron chi connectivity index (χ1n) is 8.95. The molecule has 1 aromatic heterocycles. The molecule has 2 aromatic carbocycles. The highest BCUT2D eigenvalue weighted by Crippen LogP contribution is 2.35. The lowest BCUT2D eigenvalue weighted by atomic mass is 10.2. The summed E-state index contributed by atoms with van der Waals surface area (Å²) in [4.78, 5) is 12.7. The lowest BCUT2D eigenvalue weighted by Crippen LogP contribution is -2.18. The monoisotopic (exact) mass is 412 g/mol. The molecule has 150 valence electrons. The van der Waals surface area contributed by atoms with Gasteiger partial charge in [-0.1, -0.05) is 24.3 Å². The van der Waals surface area contributed by atoms with Crippen LogP contribution in [0.4, 0.5) is 10.2 Å². The van der Waals surface area contributed by atoms with E-state index in [1.807, 2.05) is 0 Å². The van der Waals surface area contributed by atoms with Gasteiger partial charge in [0, 0.05) is 17.8 Å². The quantitative estimate of drug-likeness (QED) is 0.478. The van der Waals surface area contributed by atoms with Crippen LogP contribution in [-0.2, 0) is 16.4 Å². The molecule has 1 amide bonds. The SMILES string of the molecule is C=CCn1c(C)c(C)c(S(=O)(=O)c2ccc(F)cc2)c1NC(=O)c1ccccc1. The minimum atomic E-state index is -4.00. The van der Waals surface area contributed by atoms with E-state index in [0.29, 0.717) is 23.4 Å². The van der Waals surface area contributed by atoms with Crippen LogP contribution in [0.25, 0.3) is 0 Å². The zero-order valence-corrected chi connectivity index (χ0v) is 17.0. The van der Waals surface area contributed by atoms with Gasteiger partial charge in [-0.2, -0.15) is 0 Å². The number of amides is 1. The molecule has 3 aromatic rings. The molecular weight excluding hydrogens is 391 g/mol. The van der Waals surface area contributed by atoms with Crippen LogP contribution >= 0.6 is 0 Å². The molecule has 0 saturated carbocycles. The molecule has 5 nitrogen and oxygen atoms in total. The Bertz CT molecular complexity index is 1170. The average molecular weight is 412 g/mol. The van der Waals surface area contributed by atoms with Crippen molar-refractivity contribution in [3.05, 3.63) is 89.9 Å². The topological polar surface area (TPSA) is 68.2 Å². The summed E-state index contributed by atoms with van der Waals surface area (Å²) >= 11 is 0. The standard InChI is InChI=1S/C22H21FN2O3S/c1-4-14-25-16(3)15(2)20(29(27,28)19-12-10-18(23)11-13-19)21(25)24-22(26)17-8-6-5-7-9-17/h4-13H,1,14H2,2-3H3,(H,24,26). The van der Waals surface area contributed by atoms with Gasteiger partial charge in [0.05, 0.1) is 4.90 Å². The fourth-order valence-electron chi connectivity index (χ4n) is 3.15. The second-order valence-corrected chi connectivity index (χ2v) is 8.45. The Morgan fingerprint density at radius 3 is 2.31 bits per heavy atom. The van der Waals surface area contributed by atoms with Gasteiger partial charge < -0.3 is 9.88 Å². The Hall–Kier alpha value is -3.19. The van der Waals surface area contributed by atoms with E-state index in [1.165, 1.54) is 12.1 Å². The Balaban J connectivity index is 2.18. The number of benzene rings is 2. The minimum Gasteiger partial charge on any atom is -0.327 e. The second-order valence-electron chi connectivity index (χ2n) is 6.56. The van der Waals surface area contributed by atoms with E-state index in [4.69, 9.17) is 0 Å². The van der Waals surface area contributed by atoms with E-state index in [0.717, 1.165) is 12.1 Å². The van der Waals surface area contributed by atoms with E-state index in [-0.39, 0.29) is 15.6 Å². The molecule has 0 unspecified atom stereocenters. The highest BCUT2D eigenvalue weighted by atomic mass is 32.2. The minimum absolute atomic E-state index is 0.00672. The van der Waals surface area contributed by atoms with Gasteiger partial charge in [-0.3, -0.25) is 4.79 Å². The molecule has 0 saturated heterocycles. The number of halogens is 1. The number of allylic oxidation sites excluding steroid dienone is 1. The molecule has 1 N–H and O–H groups in total. The number of carbonyl (C=O) groups excluding carboxylic acids is 1. The van der Waals surface area contributed by atoms with Crippen LogP contribution in [-0.4, -0.2) is 18.9 Å². The van der Waals surface area contributed by atoms with Crippen molar-refractivity contribution in [2.45, 2.75) is 30.2 Å². The number of aromatic nitrogens is 1. The number of sulfone groups is 1. The molecule has 0 aliphatic carbocycles. The number of rotatable bonds is 6. The molecule has 0 atom stereocenters. The summed E-state index contributed by atoms with van der Waals surface area (Å²) in [5.74, 6) is -0.791. The van der Waals surface area contributed by atoms with Crippen molar-refractivity contribution >= 4 is 21.6 Å². The van der Waals surface area contributed by atoms with Crippen molar-refractivity contribution in [1.82, 2.24) is 4.57 Å². The maximum atomic E-state index is 13.4. The van der Waals surface area contributed by atoms with Crippen molar-refractivity contribution in [2.24, 2.45) is 0 Å². The van der Waals surface area contributed by atoms with Gasteiger partial charge in [0.1, 0.15) is 16.5 Å². The van der Waals surface area contributed by atoms with Crippen molar-refractivity contribution in [1.29, 1.82) is 0 Å². The summed E-state index contributed by atoms with van der Waals surface area (Å²) in [6, 6.07) is 13.1. The maximum Gasteiger partial charge on any atom is 0.256 e. The first kappa shape index (κ1) is 20.5. The maximum absolute atomic E-state index is 13.4. The van der Waals surface area contributed by atoms with Crippen molar-refractivity contribution in [3.8, 4) is 0 Å². The molecule has 7 heteroatoms. The Labute approximate surface area is 169 Å². The largest absolute Gasteiger partial charge is 0.327 e.